The standard InChI is InChI=1S/C18H27ClN2/c1-12(2)7-6-8-14(4)21-17-10-9-13(3)11-16(17)20-18(21)15(5)19/h9-12,14-15H,6-8H2,1-5H3. The highest BCUT2D eigenvalue weighted by Crippen LogP contribution is 2.30. The first-order valence-electron chi connectivity index (χ1n) is 8.02. The largest absolute Gasteiger partial charge is 0.324 e. The molecule has 0 aliphatic heterocycles. The molecule has 0 fully saturated rings. The van der Waals surface area contributed by atoms with Crippen molar-refractivity contribution < 1.29 is 0 Å². The summed E-state index contributed by atoms with van der Waals surface area (Å²) in [7, 11) is 0. The normalized spacial score (nSPS) is 14.8. The molecule has 0 saturated heterocycles. The Morgan fingerprint density at radius 2 is 1.86 bits per heavy atom. The molecule has 0 spiro atoms. The van der Waals surface area contributed by atoms with Crippen molar-refractivity contribution in [2.75, 3.05) is 0 Å². The van der Waals surface area contributed by atoms with Gasteiger partial charge in [0.2, 0.25) is 0 Å². The van der Waals surface area contributed by atoms with E-state index in [0.717, 1.165) is 17.3 Å². The molecule has 0 radical (unpaired) electrons. The molecule has 0 amide bonds. The number of fused-ring (bicyclic) bond motifs is 1. The van der Waals surface area contributed by atoms with Crippen molar-refractivity contribution in [1.82, 2.24) is 9.55 Å². The monoisotopic (exact) mass is 306 g/mol. The van der Waals surface area contributed by atoms with Gasteiger partial charge in [-0.15, -0.1) is 11.6 Å². The summed E-state index contributed by atoms with van der Waals surface area (Å²) in [6, 6.07) is 6.92. The van der Waals surface area contributed by atoms with Crippen LogP contribution in [-0.4, -0.2) is 9.55 Å². The second kappa shape index (κ2) is 6.83. The molecular formula is C18H27ClN2. The maximum absolute atomic E-state index is 6.36. The lowest BCUT2D eigenvalue weighted by Gasteiger charge is -2.19. The van der Waals surface area contributed by atoms with Crippen LogP contribution in [0.25, 0.3) is 11.0 Å². The van der Waals surface area contributed by atoms with Gasteiger partial charge in [-0.25, -0.2) is 4.98 Å². The SMILES string of the molecule is Cc1ccc2c(c1)nc(C(C)Cl)n2C(C)CCCC(C)C. The first-order valence-corrected chi connectivity index (χ1v) is 8.46. The Kier molecular flexibility index (Phi) is 5.32. The molecule has 116 valence electrons. The number of hydrogen-bond acceptors (Lipinski definition) is 1. The van der Waals surface area contributed by atoms with E-state index in [1.807, 2.05) is 6.92 Å². The minimum atomic E-state index is -0.0646. The predicted octanol–water partition coefficient (Wildman–Crippen LogP) is 6.03. The van der Waals surface area contributed by atoms with Gasteiger partial charge < -0.3 is 4.57 Å². The maximum Gasteiger partial charge on any atom is 0.127 e. The third kappa shape index (κ3) is 3.79. The molecule has 0 bridgehead atoms. The maximum atomic E-state index is 6.36. The van der Waals surface area contributed by atoms with Gasteiger partial charge in [-0.1, -0.05) is 32.8 Å². The van der Waals surface area contributed by atoms with E-state index < -0.39 is 0 Å². The van der Waals surface area contributed by atoms with Gasteiger partial charge in [-0.3, -0.25) is 0 Å². The van der Waals surface area contributed by atoms with Crippen LogP contribution in [0, 0.1) is 12.8 Å². The molecule has 1 aromatic carbocycles. The number of imidazole rings is 1. The predicted molar refractivity (Wildman–Crippen MR) is 92.1 cm³/mol. The minimum Gasteiger partial charge on any atom is -0.324 e. The summed E-state index contributed by atoms with van der Waals surface area (Å²) in [5, 5.41) is -0.0646. The fraction of sp³-hybridized carbons (Fsp3) is 0.611. The van der Waals surface area contributed by atoms with Crippen LogP contribution in [0.2, 0.25) is 0 Å². The van der Waals surface area contributed by atoms with E-state index in [1.165, 1.54) is 30.3 Å². The van der Waals surface area contributed by atoms with Crippen molar-refractivity contribution in [3.8, 4) is 0 Å². The summed E-state index contributed by atoms with van der Waals surface area (Å²) < 4.78 is 2.34. The number of rotatable bonds is 6. The van der Waals surface area contributed by atoms with Crippen LogP contribution in [0.15, 0.2) is 18.2 Å². The Bertz CT molecular complexity index is 599. The van der Waals surface area contributed by atoms with Crippen LogP contribution in [0.1, 0.15) is 69.8 Å². The van der Waals surface area contributed by atoms with Gasteiger partial charge in [-0.2, -0.15) is 0 Å². The van der Waals surface area contributed by atoms with Crippen LogP contribution in [0.3, 0.4) is 0 Å². The number of aromatic nitrogens is 2. The van der Waals surface area contributed by atoms with Crippen molar-refractivity contribution in [1.29, 1.82) is 0 Å². The highest BCUT2D eigenvalue weighted by atomic mass is 35.5. The lowest BCUT2D eigenvalue weighted by molar-refractivity contribution is 0.444. The first-order chi connectivity index (χ1) is 9.90. The third-order valence-corrected chi connectivity index (χ3v) is 4.27. The Balaban J connectivity index is 2.33. The van der Waals surface area contributed by atoms with Crippen molar-refractivity contribution in [3.05, 3.63) is 29.6 Å². The summed E-state index contributed by atoms with van der Waals surface area (Å²) in [6.45, 7) is 11.0. The Morgan fingerprint density at radius 3 is 2.48 bits per heavy atom. The van der Waals surface area contributed by atoms with Crippen LogP contribution in [0.5, 0.6) is 0 Å². The van der Waals surface area contributed by atoms with Gasteiger partial charge in [0.1, 0.15) is 5.82 Å². The Labute approximate surface area is 133 Å². The Morgan fingerprint density at radius 1 is 1.14 bits per heavy atom. The molecular weight excluding hydrogens is 280 g/mol. The zero-order chi connectivity index (χ0) is 15.6. The molecule has 21 heavy (non-hydrogen) atoms. The molecule has 0 saturated carbocycles. The van der Waals surface area contributed by atoms with Crippen molar-refractivity contribution in [2.45, 2.75) is 65.3 Å². The molecule has 1 heterocycles. The first kappa shape index (κ1) is 16.4. The van der Waals surface area contributed by atoms with Gasteiger partial charge in [0, 0.05) is 6.04 Å². The van der Waals surface area contributed by atoms with Crippen molar-refractivity contribution in [3.63, 3.8) is 0 Å². The lowest BCUT2D eigenvalue weighted by Crippen LogP contribution is -2.10. The van der Waals surface area contributed by atoms with E-state index >= 15 is 0 Å². The molecule has 2 atom stereocenters. The quantitative estimate of drug-likeness (QED) is 0.596. The van der Waals surface area contributed by atoms with E-state index in [0.29, 0.717) is 6.04 Å². The third-order valence-electron chi connectivity index (χ3n) is 4.07. The zero-order valence-electron chi connectivity index (χ0n) is 13.9. The molecule has 0 N–H and O–H groups in total. The average molecular weight is 307 g/mol. The van der Waals surface area contributed by atoms with Crippen LogP contribution >= 0.6 is 11.6 Å². The summed E-state index contributed by atoms with van der Waals surface area (Å²) in [5.74, 6) is 1.76. The number of alkyl halides is 1. The van der Waals surface area contributed by atoms with Gasteiger partial charge in [-0.05, 0) is 50.8 Å². The lowest BCUT2D eigenvalue weighted by atomic mass is 10.0. The number of hydrogen-bond donors (Lipinski definition) is 0. The molecule has 2 rings (SSSR count). The summed E-state index contributed by atoms with van der Waals surface area (Å²) in [6.07, 6.45) is 3.70. The highest BCUT2D eigenvalue weighted by Gasteiger charge is 2.19. The molecule has 3 heteroatoms. The molecule has 2 aromatic rings. The van der Waals surface area contributed by atoms with E-state index in [2.05, 4.69) is 50.5 Å². The fourth-order valence-corrected chi connectivity index (χ4v) is 3.08. The number of aryl methyl sites for hydroxylation is 1. The summed E-state index contributed by atoms with van der Waals surface area (Å²) >= 11 is 6.36. The van der Waals surface area contributed by atoms with Gasteiger partial charge >= 0.3 is 0 Å². The molecule has 1 aromatic heterocycles. The molecule has 0 aliphatic rings. The van der Waals surface area contributed by atoms with Crippen LogP contribution in [-0.2, 0) is 0 Å². The molecule has 2 nitrogen and oxygen atoms in total. The molecule has 0 aliphatic carbocycles. The van der Waals surface area contributed by atoms with Crippen LogP contribution in [0.4, 0.5) is 0 Å². The second-order valence-corrected chi connectivity index (χ2v) is 7.28. The zero-order valence-corrected chi connectivity index (χ0v) is 14.6. The summed E-state index contributed by atoms with van der Waals surface area (Å²) in [4.78, 5) is 4.77. The van der Waals surface area contributed by atoms with E-state index in [-0.39, 0.29) is 5.38 Å². The van der Waals surface area contributed by atoms with E-state index in [4.69, 9.17) is 16.6 Å². The minimum absolute atomic E-state index is 0.0646. The van der Waals surface area contributed by atoms with E-state index in [9.17, 15) is 0 Å². The Hall–Kier alpha value is -1.02. The number of nitrogens with zero attached hydrogens (tertiary/aromatic N) is 2. The average Bonchev–Trinajstić information content (AvgIpc) is 2.76. The van der Waals surface area contributed by atoms with Crippen LogP contribution < -0.4 is 0 Å². The summed E-state index contributed by atoms with van der Waals surface area (Å²) in [5.41, 5.74) is 3.52. The van der Waals surface area contributed by atoms with Gasteiger partial charge in [0.25, 0.3) is 0 Å². The highest BCUT2D eigenvalue weighted by molar-refractivity contribution is 6.20. The van der Waals surface area contributed by atoms with Crippen molar-refractivity contribution in [2.24, 2.45) is 5.92 Å². The fourth-order valence-electron chi connectivity index (χ4n) is 2.92. The van der Waals surface area contributed by atoms with Gasteiger partial charge in [0.15, 0.2) is 0 Å². The van der Waals surface area contributed by atoms with Crippen molar-refractivity contribution >= 4 is 22.6 Å². The topological polar surface area (TPSA) is 17.8 Å². The molecule has 2 unspecified atom stereocenters. The van der Waals surface area contributed by atoms with E-state index in [1.54, 1.807) is 0 Å². The number of benzene rings is 1. The number of halogens is 1. The van der Waals surface area contributed by atoms with Gasteiger partial charge in [0.05, 0.1) is 16.4 Å². The second-order valence-electron chi connectivity index (χ2n) is 6.62. The smallest absolute Gasteiger partial charge is 0.127 e.